The van der Waals surface area contributed by atoms with E-state index in [1.165, 1.54) is 0 Å². The van der Waals surface area contributed by atoms with Crippen molar-refractivity contribution in [3.63, 3.8) is 0 Å². The van der Waals surface area contributed by atoms with Crippen molar-refractivity contribution < 1.29 is 18.0 Å². The van der Waals surface area contributed by atoms with Gasteiger partial charge < -0.3 is 0 Å². The Balaban J connectivity index is 2.09. The van der Waals surface area contributed by atoms with Gasteiger partial charge in [0.1, 0.15) is 0 Å². The highest BCUT2D eigenvalue weighted by Gasteiger charge is 2.33. The van der Waals surface area contributed by atoms with Gasteiger partial charge in [-0.15, -0.1) is 0 Å². The number of anilines is 1. The Hall–Kier alpha value is -2.25. The van der Waals surface area contributed by atoms with Crippen LogP contribution in [0.5, 0.6) is 0 Å². The Morgan fingerprint density at radius 1 is 0.962 bits per heavy atom. The summed E-state index contributed by atoms with van der Waals surface area (Å²) in [5.41, 5.74) is 2.06. The number of Topliss-reactive ketones (excluding diaryl/α,β-unsaturated/α-hetero) is 2. The minimum atomic E-state index is -3.66. The lowest BCUT2D eigenvalue weighted by atomic mass is 9.89. The fourth-order valence-electron chi connectivity index (χ4n) is 2.86. The van der Waals surface area contributed by atoms with Crippen LogP contribution in [-0.4, -0.2) is 32.8 Å². The summed E-state index contributed by atoms with van der Waals surface area (Å²) in [5.74, 6) is -0.679. The number of sulfonamides is 1. The molecule has 0 saturated heterocycles. The number of benzene rings is 2. The lowest BCUT2D eigenvalue weighted by molar-refractivity contribution is 0.0981. The van der Waals surface area contributed by atoms with Crippen LogP contribution in [0, 0.1) is 6.92 Å². The highest BCUT2D eigenvalue weighted by molar-refractivity contribution is 9.12. The van der Waals surface area contributed by atoms with E-state index in [1.807, 2.05) is 13.0 Å². The fraction of sp³-hybridized carbons (Fsp3) is 0.158. The first-order valence-electron chi connectivity index (χ1n) is 7.81. The monoisotopic (exact) mass is 433 g/mol. The van der Waals surface area contributed by atoms with E-state index in [4.69, 9.17) is 0 Å². The van der Waals surface area contributed by atoms with Gasteiger partial charge in [0.15, 0.2) is 5.78 Å². The molecule has 1 aliphatic rings. The maximum absolute atomic E-state index is 12.9. The van der Waals surface area contributed by atoms with Crippen molar-refractivity contribution >= 4 is 43.2 Å². The molecule has 0 amide bonds. The second kappa shape index (κ2) is 6.81. The summed E-state index contributed by atoms with van der Waals surface area (Å²) < 4.78 is 25.9. The molecule has 0 radical (unpaired) electrons. The average molecular weight is 434 g/mol. The average Bonchev–Trinajstić information content (AvgIpc) is 2.59. The molecule has 2 aromatic rings. The zero-order valence-electron chi connectivity index (χ0n) is 14.2. The van der Waals surface area contributed by atoms with E-state index in [-0.39, 0.29) is 33.7 Å². The Morgan fingerprint density at radius 2 is 1.58 bits per heavy atom. The molecule has 2 aromatic carbocycles. The number of carbonyl (C=O) groups excluding carboxylic acids is 2. The molecule has 0 aromatic heterocycles. The molecule has 0 N–H and O–H groups in total. The first-order valence-corrected chi connectivity index (χ1v) is 10.5. The van der Waals surface area contributed by atoms with Gasteiger partial charge in [0, 0.05) is 16.7 Å². The van der Waals surface area contributed by atoms with Crippen LogP contribution in [0.4, 0.5) is 5.69 Å². The van der Waals surface area contributed by atoms with E-state index >= 15 is 0 Å². The third-order valence-electron chi connectivity index (χ3n) is 4.15. The van der Waals surface area contributed by atoms with Crippen molar-refractivity contribution in [3.05, 3.63) is 75.3 Å². The Bertz CT molecular complexity index is 1060. The fourth-order valence-corrected chi connectivity index (χ4v) is 4.24. The quantitative estimate of drug-likeness (QED) is 0.739. The number of rotatable bonds is 4. The molecule has 7 heteroatoms. The summed E-state index contributed by atoms with van der Waals surface area (Å²) in [6.45, 7) is 1.63. The van der Waals surface area contributed by atoms with Crippen LogP contribution in [0.15, 0.2) is 58.6 Å². The number of hydrogen-bond acceptors (Lipinski definition) is 4. The summed E-state index contributed by atoms with van der Waals surface area (Å²) in [4.78, 5) is 25.4. The van der Waals surface area contributed by atoms with Crippen LogP contribution in [-0.2, 0) is 10.0 Å². The largest absolute Gasteiger partial charge is 0.289 e. The summed E-state index contributed by atoms with van der Waals surface area (Å²) >= 11 is 3.20. The van der Waals surface area contributed by atoms with E-state index in [2.05, 4.69) is 15.9 Å². The molecule has 0 aliphatic heterocycles. The van der Waals surface area contributed by atoms with Crippen LogP contribution < -0.4 is 4.31 Å². The highest BCUT2D eigenvalue weighted by atomic mass is 79.9. The van der Waals surface area contributed by atoms with Gasteiger partial charge in [-0.25, -0.2) is 8.42 Å². The third kappa shape index (κ3) is 3.37. The van der Waals surface area contributed by atoms with E-state index < -0.39 is 10.0 Å². The zero-order valence-corrected chi connectivity index (χ0v) is 16.6. The molecule has 0 bridgehead atoms. The van der Waals surface area contributed by atoms with Crippen molar-refractivity contribution in [2.45, 2.75) is 6.92 Å². The van der Waals surface area contributed by atoms with Gasteiger partial charge >= 0.3 is 0 Å². The molecule has 0 saturated carbocycles. The lowest BCUT2D eigenvalue weighted by Gasteiger charge is -2.26. The van der Waals surface area contributed by atoms with Crippen LogP contribution in [0.25, 0.3) is 0 Å². The smallest absolute Gasteiger partial charge is 0.232 e. The number of fused-ring (bicyclic) bond motifs is 1. The van der Waals surface area contributed by atoms with Crippen LogP contribution >= 0.6 is 15.9 Å². The summed E-state index contributed by atoms with van der Waals surface area (Å²) in [5, 5.41) is 0. The standard InChI is InChI=1S/C19H16BrNO4S/c1-12-6-5-7-13(10-12)21(26(2,24)25)11-16-17(20)19(23)15-9-4-3-8-14(15)18(16)22/h3-10H,11H2,1-2H3. The molecule has 1 aliphatic carbocycles. The minimum absolute atomic E-state index is 0.0995. The Kier molecular flexibility index (Phi) is 4.86. The number of carbonyl (C=O) groups is 2. The second-order valence-corrected chi connectivity index (χ2v) is 8.80. The molecule has 5 nitrogen and oxygen atoms in total. The zero-order chi connectivity index (χ0) is 19.1. The maximum atomic E-state index is 12.9. The van der Waals surface area contributed by atoms with Gasteiger partial charge in [-0.05, 0) is 40.5 Å². The predicted octanol–water partition coefficient (Wildman–Crippen LogP) is 3.49. The van der Waals surface area contributed by atoms with Crippen molar-refractivity contribution in [1.82, 2.24) is 0 Å². The highest BCUT2D eigenvalue weighted by Crippen LogP contribution is 2.31. The third-order valence-corrected chi connectivity index (χ3v) is 6.13. The van der Waals surface area contributed by atoms with Gasteiger partial charge in [-0.2, -0.15) is 0 Å². The van der Waals surface area contributed by atoms with E-state index in [1.54, 1.807) is 42.5 Å². The van der Waals surface area contributed by atoms with Crippen molar-refractivity contribution in [2.24, 2.45) is 0 Å². The summed E-state index contributed by atoms with van der Waals surface area (Å²) in [6, 6.07) is 13.5. The molecule has 3 rings (SSSR count). The van der Waals surface area contributed by atoms with Crippen LogP contribution in [0.2, 0.25) is 0 Å². The lowest BCUT2D eigenvalue weighted by Crippen LogP contribution is -2.35. The van der Waals surface area contributed by atoms with E-state index in [9.17, 15) is 18.0 Å². The predicted molar refractivity (Wildman–Crippen MR) is 104 cm³/mol. The maximum Gasteiger partial charge on any atom is 0.232 e. The van der Waals surface area contributed by atoms with Crippen LogP contribution in [0.3, 0.4) is 0 Å². The molecular formula is C19H16BrNO4S. The number of nitrogens with zero attached hydrogens (tertiary/aromatic N) is 1. The normalized spacial score (nSPS) is 14.4. The minimum Gasteiger partial charge on any atom is -0.289 e. The van der Waals surface area contributed by atoms with Crippen LogP contribution in [0.1, 0.15) is 26.3 Å². The number of halogens is 1. The molecule has 0 fully saturated rings. The first-order chi connectivity index (χ1) is 12.2. The molecule has 0 heterocycles. The van der Waals surface area contributed by atoms with Crippen molar-refractivity contribution in [2.75, 3.05) is 17.1 Å². The second-order valence-electron chi connectivity index (χ2n) is 6.11. The topological polar surface area (TPSA) is 71.5 Å². The molecular weight excluding hydrogens is 418 g/mol. The summed E-state index contributed by atoms with van der Waals surface area (Å²) in [6.07, 6.45) is 1.08. The molecule has 26 heavy (non-hydrogen) atoms. The number of hydrogen-bond donors (Lipinski definition) is 0. The van der Waals surface area contributed by atoms with E-state index in [0.717, 1.165) is 16.1 Å². The summed E-state index contributed by atoms with van der Waals surface area (Å²) in [7, 11) is -3.66. The van der Waals surface area contributed by atoms with Gasteiger partial charge in [-0.3, -0.25) is 13.9 Å². The van der Waals surface area contributed by atoms with Gasteiger partial charge in [0.25, 0.3) is 0 Å². The molecule has 0 atom stereocenters. The van der Waals surface area contributed by atoms with Gasteiger partial charge in [-0.1, -0.05) is 36.4 Å². The molecule has 134 valence electrons. The van der Waals surface area contributed by atoms with Gasteiger partial charge in [0.2, 0.25) is 15.8 Å². The molecule has 0 unspecified atom stereocenters. The number of allylic oxidation sites excluding steroid dienone is 1. The Labute approximate surface area is 160 Å². The number of ketones is 2. The van der Waals surface area contributed by atoms with Crippen molar-refractivity contribution in [1.29, 1.82) is 0 Å². The molecule has 0 spiro atoms. The van der Waals surface area contributed by atoms with Gasteiger partial charge in [0.05, 0.1) is 23.0 Å². The Morgan fingerprint density at radius 3 is 2.15 bits per heavy atom. The first kappa shape index (κ1) is 18.5. The van der Waals surface area contributed by atoms with E-state index in [0.29, 0.717) is 11.3 Å². The SMILES string of the molecule is Cc1cccc(N(CC2=C(Br)C(=O)c3ccccc3C2=O)S(C)(=O)=O)c1. The van der Waals surface area contributed by atoms with Crippen molar-refractivity contribution in [3.8, 4) is 0 Å². The number of aryl methyl sites for hydroxylation is 1.